The number of aromatic amines is 1. The summed E-state index contributed by atoms with van der Waals surface area (Å²) in [5.74, 6) is 0.0434. The molecule has 4 N–H and O–H groups in total. The molecule has 1 aliphatic heterocycles. The average Bonchev–Trinajstić information content (AvgIpc) is 2.92. The SMILES string of the molecule is NCc1cc(-c2ccc3c(c2)CC(=O)N3)n[nH]1. The Bertz CT molecular complexity index is 588. The fourth-order valence-electron chi connectivity index (χ4n) is 2.00. The lowest BCUT2D eigenvalue weighted by Gasteiger charge is -2.00. The number of carbonyl (C=O) groups excluding carboxylic acids is 1. The molecule has 86 valence electrons. The van der Waals surface area contributed by atoms with Gasteiger partial charge in [0.25, 0.3) is 0 Å². The third kappa shape index (κ3) is 1.70. The van der Waals surface area contributed by atoms with Gasteiger partial charge in [-0.05, 0) is 23.8 Å². The van der Waals surface area contributed by atoms with E-state index >= 15 is 0 Å². The number of aromatic nitrogens is 2. The fraction of sp³-hybridized carbons (Fsp3) is 0.167. The van der Waals surface area contributed by atoms with Crippen molar-refractivity contribution < 1.29 is 4.79 Å². The molecule has 0 saturated carbocycles. The molecule has 5 heteroatoms. The van der Waals surface area contributed by atoms with E-state index in [1.54, 1.807) is 0 Å². The number of hydrogen-bond acceptors (Lipinski definition) is 3. The molecular formula is C12H12N4O. The molecule has 0 unspecified atom stereocenters. The summed E-state index contributed by atoms with van der Waals surface area (Å²) in [6.45, 7) is 0.442. The van der Waals surface area contributed by atoms with Crippen molar-refractivity contribution in [2.45, 2.75) is 13.0 Å². The molecule has 0 saturated heterocycles. The summed E-state index contributed by atoms with van der Waals surface area (Å²) >= 11 is 0. The molecule has 1 aromatic heterocycles. The van der Waals surface area contributed by atoms with Gasteiger partial charge in [-0.15, -0.1) is 0 Å². The van der Waals surface area contributed by atoms with Crippen molar-refractivity contribution in [1.82, 2.24) is 10.2 Å². The molecule has 5 nitrogen and oxygen atoms in total. The lowest BCUT2D eigenvalue weighted by Crippen LogP contribution is -2.03. The Hall–Kier alpha value is -2.14. The number of anilines is 1. The Morgan fingerprint density at radius 1 is 1.35 bits per heavy atom. The second-order valence-corrected chi connectivity index (χ2v) is 4.08. The van der Waals surface area contributed by atoms with Gasteiger partial charge in [-0.1, -0.05) is 6.07 Å². The van der Waals surface area contributed by atoms with Crippen LogP contribution in [0.3, 0.4) is 0 Å². The molecule has 0 atom stereocenters. The number of hydrogen-bond donors (Lipinski definition) is 3. The van der Waals surface area contributed by atoms with Crippen molar-refractivity contribution in [2.24, 2.45) is 5.73 Å². The smallest absolute Gasteiger partial charge is 0.228 e. The van der Waals surface area contributed by atoms with Crippen LogP contribution >= 0.6 is 0 Å². The molecule has 0 radical (unpaired) electrons. The standard InChI is InChI=1S/C12H12N4O/c13-6-9-5-11(16-15-9)7-1-2-10-8(3-7)4-12(17)14-10/h1-3,5H,4,6,13H2,(H,14,17)(H,15,16). The maximum Gasteiger partial charge on any atom is 0.228 e. The number of carbonyl (C=O) groups is 1. The Morgan fingerprint density at radius 3 is 3.00 bits per heavy atom. The molecule has 0 aliphatic carbocycles. The van der Waals surface area contributed by atoms with Gasteiger partial charge in [0.05, 0.1) is 12.1 Å². The maximum absolute atomic E-state index is 11.2. The molecule has 0 spiro atoms. The van der Waals surface area contributed by atoms with E-state index in [1.807, 2.05) is 24.3 Å². The zero-order valence-electron chi connectivity index (χ0n) is 9.16. The van der Waals surface area contributed by atoms with Crippen LogP contribution in [0.5, 0.6) is 0 Å². The summed E-state index contributed by atoms with van der Waals surface area (Å²) in [6, 6.07) is 7.77. The first-order chi connectivity index (χ1) is 8.26. The van der Waals surface area contributed by atoms with Crippen LogP contribution in [-0.4, -0.2) is 16.1 Å². The monoisotopic (exact) mass is 228 g/mol. The van der Waals surface area contributed by atoms with Crippen molar-refractivity contribution in [2.75, 3.05) is 5.32 Å². The van der Waals surface area contributed by atoms with E-state index in [1.165, 1.54) is 0 Å². The quantitative estimate of drug-likeness (QED) is 0.717. The van der Waals surface area contributed by atoms with Crippen LogP contribution in [0.25, 0.3) is 11.3 Å². The molecule has 2 heterocycles. The molecule has 1 aromatic carbocycles. The predicted molar refractivity (Wildman–Crippen MR) is 64.2 cm³/mol. The van der Waals surface area contributed by atoms with Crippen molar-refractivity contribution in [1.29, 1.82) is 0 Å². The summed E-state index contributed by atoms with van der Waals surface area (Å²) in [7, 11) is 0. The highest BCUT2D eigenvalue weighted by atomic mass is 16.1. The number of amides is 1. The first-order valence-corrected chi connectivity index (χ1v) is 5.44. The third-order valence-electron chi connectivity index (χ3n) is 2.88. The number of H-pyrrole nitrogens is 1. The van der Waals surface area contributed by atoms with E-state index in [-0.39, 0.29) is 5.91 Å². The van der Waals surface area contributed by atoms with Crippen LogP contribution in [0.4, 0.5) is 5.69 Å². The van der Waals surface area contributed by atoms with Gasteiger partial charge in [0.1, 0.15) is 0 Å². The third-order valence-corrected chi connectivity index (χ3v) is 2.88. The number of nitrogens with two attached hydrogens (primary N) is 1. The van der Waals surface area contributed by atoms with Gasteiger partial charge in [0, 0.05) is 23.5 Å². The molecule has 2 aromatic rings. The Balaban J connectivity index is 1.99. The van der Waals surface area contributed by atoms with E-state index in [0.717, 1.165) is 28.2 Å². The number of fused-ring (bicyclic) bond motifs is 1. The summed E-state index contributed by atoms with van der Waals surface area (Å²) in [6.07, 6.45) is 0.442. The minimum atomic E-state index is 0.0434. The lowest BCUT2D eigenvalue weighted by atomic mass is 10.1. The van der Waals surface area contributed by atoms with Crippen LogP contribution < -0.4 is 11.1 Å². The second-order valence-electron chi connectivity index (χ2n) is 4.08. The van der Waals surface area contributed by atoms with Gasteiger partial charge >= 0.3 is 0 Å². The highest BCUT2D eigenvalue weighted by molar-refractivity contribution is 5.99. The predicted octanol–water partition coefficient (Wildman–Crippen LogP) is 1.03. The first kappa shape index (κ1) is 10.0. The van der Waals surface area contributed by atoms with Crippen LogP contribution in [0, 0.1) is 0 Å². The number of benzene rings is 1. The minimum Gasteiger partial charge on any atom is -0.326 e. The van der Waals surface area contributed by atoms with Crippen LogP contribution in [-0.2, 0) is 17.8 Å². The van der Waals surface area contributed by atoms with E-state index < -0.39 is 0 Å². The molecule has 17 heavy (non-hydrogen) atoms. The number of rotatable bonds is 2. The molecule has 0 bridgehead atoms. The summed E-state index contributed by atoms with van der Waals surface area (Å²) in [5.41, 5.74) is 10.2. The fourth-order valence-corrected chi connectivity index (χ4v) is 2.00. The van der Waals surface area contributed by atoms with Gasteiger partial charge in [0.2, 0.25) is 5.91 Å². The minimum absolute atomic E-state index is 0.0434. The van der Waals surface area contributed by atoms with Crippen LogP contribution in [0.15, 0.2) is 24.3 Å². The van der Waals surface area contributed by atoms with Gasteiger partial charge in [-0.2, -0.15) is 5.10 Å². The van der Waals surface area contributed by atoms with Crippen LogP contribution in [0.1, 0.15) is 11.3 Å². The summed E-state index contributed by atoms with van der Waals surface area (Å²) in [4.78, 5) is 11.2. The first-order valence-electron chi connectivity index (χ1n) is 5.44. The van der Waals surface area contributed by atoms with Crippen molar-refractivity contribution >= 4 is 11.6 Å². The Morgan fingerprint density at radius 2 is 2.24 bits per heavy atom. The second kappa shape index (κ2) is 3.71. The zero-order chi connectivity index (χ0) is 11.8. The Kier molecular flexibility index (Phi) is 2.19. The molecule has 3 rings (SSSR count). The van der Waals surface area contributed by atoms with Gasteiger partial charge in [-0.25, -0.2) is 0 Å². The van der Waals surface area contributed by atoms with E-state index in [9.17, 15) is 4.79 Å². The van der Waals surface area contributed by atoms with Gasteiger partial charge in [-0.3, -0.25) is 9.89 Å². The van der Waals surface area contributed by atoms with E-state index in [0.29, 0.717) is 13.0 Å². The highest BCUT2D eigenvalue weighted by Crippen LogP contribution is 2.28. The Labute approximate surface area is 98.0 Å². The highest BCUT2D eigenvalue weighted by Gasteiger charge is 2.18. The van der Waals surface area contributed by atoms with Gasteiger partial charge in [0.15, 0.2) is 0 Å². The number of nitrogens with one attached hydrogen (secondary N) is 2. The zero-order valence-corrected chi connectivity index (χ0v) is 9.16. The number of nitrogens with zero attached hydrogens (tertiary/aromatic N) is 1. The topological polar surface area (TPSA) is 83.8 Å². The van der Waals surface area contributed by atoms with Gasteiger partial charge < -0.3 is 11.1 Å². The maximum atomic E-state index is 11.2. The van der Waals surface area contributed by atoms with Crippen LogP contribution in [0.2, 0.25) is 0 Å². The lowest BCUT2D eigenvalue weighted by molar-refractivity contribution is -0.115. The molecule has 1 amide bonds. The van der Waals surface area contributed by atoms with E-state index in [4.69, 9.17) is 5.73 Å². The van der Waals surface area contributed by atoms with Crippen molar-refractivity contribution in [3.63, 3.8) is 0 Å². The summed E-state index contributed by atoms with van der Waals surface area (Å²) in [5, 5.41) is 9.87. The normalized spacial score (nSPS) is 13.6. The summed E-state index contributed by atoms with van der Waals surface area (Å²) < 4.78 is 0. The molecule has 0 fully saturated rings. The van der Waals surface area contributed by atoms with Crippen molar-refractivity contribution in [3.05, 3.63) is 35.5 Å². The van der Waals surface area contributed by atoms with Crippen molar-refractivity contribution in [3.8, 4) is 11.3 Å². The largest absolute Gasteiger partial charge is 0.326 e. The molecule has 1 aliphatic rings. The molecular weight excluding hydrogens is 216 g/mol. The average molecular weight is 228 g/mol. The van der Waals surface area contributed by atoms with E-state index in [2.05, 4.69) is 15.5 Å².